The summed E-state index contributed by atoms with van der Waals surface area (Å²) in [4.78, 5) is 39.1. The first kappa shape index (κ1) is 26.8. The van der Waals surface area contributed by atoms with Crippen LogP contribution in [-0.2, 0) is 16.1 Å². The minimum absolute atomic E-state index is 0.107. The fourth-order valence-electron chi connectivity index (χ4n) is 3.72. The summed E-state index contributed by atoms with van der Waals surface area (Å²) < 4.78 is 5.62. The third-order valence-corrected chi connectivity index (χ3v) is 7.25. The van der Waals surface area contributed by atoms with E-state index in [0.29, 0.717) is 26.3 Å². The molecular weight excluding hydrogens is 531 g/mol. The Balaban J connectivity index is 1.35. The average molecular weight is 555 g/mol. The molecule has 4 rings (SSSR count). The van der Waals surface area contributed by atoms with Crippen LogP contribution in [0.25, 0.3) is 6.08 Å². The average Bonchev–Trinajstić information content (AvgIpc) is 3.13. The molecular formula is C28H24Cl2N2O4S. The summed E-state index contributed by atoms with van der Waals surface area (Å²) in [6.07, 6.45) is 1.65. The lowest BCUT2D eigenvalue weighted by atomic mass is 10.0. The number of ether oxygens (including phenoxy) is 1. The zero-order valence-electron chi connectivity index (χ0n) is 20.2. The molecule has 9 heteroatoms. The smallest absolute Gasteiger partial charge is 0.293 e. The van der Waals surface area contributed by atoms with E-state index in [1.807, 2.05) is 24.3 Å². The summed E-state index contributed by atoms with van der Waals surface area (Å²) in [7, 11) is 0. The van der Waals surface area contributed by atoms with Crippen LogP contribution in [0.4, 0.5) is 10.5 Å². The minimum Gasteiger partial charge on any atom is -0.484 e. The molecule has 1 N–H and O–H groups in total. The number of carbonyl (C=O) groups is 3. The number of nitrogens with zero attached hydrogens (tertiary/aromatic N) is 1. The molecule has 0 bridgehead atoms. The highest BCUT2D eigenvalue weighted by Gasteiger charge is 2.35. The van der Waals surface area contributed by atoms with Gasteiger partial charge in [-0.3, -0.25) is 19.3 Å². The Morgan fingerprint density at radius 1 is 1.03 bits per heavy atom. The maximum absolute atomic E-state index is 12.8. The molecule has 3 amide bonds. The summed E-state index contributed by atoms with van der Waals surface area (Å²) in [5.74, 6) is 0.159. The van der Waals surface area contributed by atoms with Crippen molar-refractivity contribution >= 4 is 63.8 Å². The number of hydrogen-bond acceptors (Lipinski definition) is 5. The third kappa shape index (κ3) is 6.74. The van der Waals surface area contributed by atoms with Crippen LogP contribution in [-0.4, -0.2) is 28.6 Å². The lowest BCUT2D eigenvalue weighted by Crippen LogP contribution is -2.27. The zero-order valence-corrected chi connectivity index (χ0v) is 22.5. The van der Waals surface area contributed by atoms with Gasteiger partial charge in [-0.2, -0.15) is 0 Å². The highest BCUT2D eigenvalue weighted by molar-refractivity contribution is 8.18. The molecule has 1 saturated heterocycles. The van der Waals surface area contributed by atoms with Crippen LogP contribution < -0.4 is 10.1 Å². The maximum atomic E-state index is 12.8. The Morgan fingerprint density at radius 2 is 1.76 bits per heavy atom. The predicted octanol–water partition coefficient (Wildman–Crippen LogP) is 7.37. The van der Waals surface area contributed by atoms with E-state index >= 15 is 0 Å². The molecule has 0 atom stereocenters. The molecule has 3 aromatic carbocycles. The number of rotatable bonds is 8. The normalized spacial score (nSPS) is 14.5. The SMILES string of the molecule is CC(C)c1ccccc1NC(=O)COc1ccc(/C=C2/SC(=O)N(Cc3ccc(Cl)c(Cl)c3)C2=O)cc1. The largest absolute Gasteiger partial charge is 0.484 e. The fourth-order valence-corrected chi connectivity index (χ4v) is 4.88. The summed E-state index contributed by atoms with van der Waals surface area (Å²) in [6, 6.07) is 19.6. The van der Waals surface area contributed by atoms with Gasteiger partial charge in [-0.25, -0.2) is 0 Å². The van der Waals surface area contributed by atoms with Gasteiger partial charge in [0.05, 0.1) is 21.5 Å². The number of hydrogen-bond donors (Lipinski definition) is 1. The molecule has 0 unspecified atom stereocenters. The second-order valence-electron chi connectivity index (χ2n) is 8.66. The van der Waals surface area contributed by atoms with Gasteiger partial charge in [-0.05, 0) is 70.8 Å². The number of thioether (sulfide) groups is 1. The number of para-hydroxylation sites is 1. The number of amides is 3. The van der Waals surface area contributed by atoms with Crippen molar-refractivity contribution in [3.8, 4) is 5.75 Å². The van der Waals surface area contributed by atoms with E-state index in [1.165, 1.54) is 4.90 Å². The van der Waals surface area contributed by atoms with Gasteiger partial charge >= 0.3 is 0 Å². The first-order valence-electron chi connectivity index (χ1n) is 11.5. The topological polar surface area (TPSA) is 75.7 Å². The Hall–Kier alpha value is -3.26. The molecule has 1 aliphatic rings. The summed E-state index contributed by atoms with van der Waals surface area (Å²) in [5.41, 5.74) is 3.26. The van der Waals surface area contributed by atoms with Gasteiger partial charge in [0.1, 0.15) is 5.75 Å². The second kappa shape index (κ2) is 11.9. The molecule has 1 fully saturated rings. The Morgan fingerprint density at radius 3 is 2.46 bits per heavy atom. The Kier molecular flexibility index (Phi) is 8.59. The van der Waals surface area contributed by atoms with Gasteiger partial charge in [0, 0.05) is 5.69 Å². The molecule has 0 radical (unpaired) electrons. The van der Waals surface area contributed by atoms with E-state index in [-0.39, 0.29) is 36.1 Å². The van der Waals surface area contributed by atoms with E-state index in [2.05, 4.69) is 19.2 Å². The number of halogens is 2. The Bertz CT molecular complexity index is 1370. The van der Waals surface area contributed by atoms with E-state index in [0.717, 1.165) is 28.6 Å². The van der Waals surface area contributed by atoms with Gasteiger partial charge in [0.15, 0.2) is 6.61 Å². The second-order valence-corrected chi connectivity index (χ2v) is 10.5. The van der Waals surface area contributed by atoms with Crippen LogP contribution in [0.5, 0.6) is 5.75 Å². The van der Waals surface area contributed by atoms with E-state index in [9.17, 15) is 14.4 Å². The van der Waals surface area contributed by atoms with Crippen LogP contribution in [0.3, 0.4) is 0 Å². The van der Waals surface area contributed by atoms with E-state index < -0.39 is 0 Å². The van der Waals surface area contributed by atoms with Gasteiger partial charge in [-0.15, -0.1) is 0 Å². The van der Waals surface area contributed by atoms with Crippen molar-refractivity contribution in [1.29, 1.82) is 0 Å². The number of carbonyl (C=O) groups excluding carboxylic acids is 3. The van der Waals surface area contributed by atoms with Crippen molar-refractivity contribution in [2.75, 3.05) is 11.9 Å². The molecule has 0 aromatic heterocycles. The van der Waals surface area contributed by atoms with Gasteiger partial charge < -0.3 is 10.1 Å². The van der Waals surface area contributed by atoms with Crippen LogP contribution >= 0.6 is 35.0 Å². The molecule has 6 nitrogen and oxygen atoms in total. The van der Waals surface area contributed by atoms with E-state index in [1.54, 1.807) is 48.5 Å². The number of imide groups is 1. The molecule has 1 aliphatic heterocycles. The van der Waals surface area contributed by atoms with Crippen molar-refractivity contribution in [3.05, 3.63) is 98.4 Å². The fraction of sp³-hybridized carbons (Fsp3) is 0.179. The highest BCUT2D eigenvalue weighted by atomic mass is 35.5. The number of anilines is 1. The maximum Gasteiger partial charge on any atom is 0.293 e. The van der Waals surface area contributed by atoms with Gasteiger partial charge in [0.25, 0.3) is 17.1 Å². The third-order valence-electron chi connectivity index (χ3n) is 5.60. The van der Waals surface area contributed by atoms with Crippen LogP contribution in [0, 0.1) is 0 Å². The minimum atomic E-state index is -0.375. The van der Waals surface area contributed by atoms with Crippen LogP contribution in [0.1, 0.15) is 36.5 Å². The Labute approximate surface area is 229 Å². The van der Waals surface area contributed by atoms with Crippen molar-refractivity contribution in [2.45, 2.75) is 26.3 Å². The van der Waals surface area contributed by atoms with Crippen LogP contribution in [0.2, 0.25) is 10.0 Å². The van der Waals surface area contributed by atoms with Crippen LogP contribution in [0.15, 0.2) is 71.6 Å². The summed E-state index contributed by atoms with van der Waals surface area (Å²) in [5, 5.41) is 3.31. The number of benzene rings is 3. The van der Waals surface area contributed by atoms with Crippen molar-refractivity contribution in [1.82, 2.24) is 4.90 Å². The lowest BCUT2D eigenvalue weighted by molar-refractivity contribution is -0.123. The lowest BCUT2D eigenvalue weighted by Gasteiger charge is -2.14. The first-order chi connectivity index (χ1) is 17.7. The molecule has 0 saturated carbocycles. The molecule has 0 spiro atoms. The van der Waals surface area contributed by atoms with Gasteiger partial charge in [0.2, 0.25) is 0 Å². The van der Waals surface area contributed by atoms with Crippen molar-refractivity contribution < 1.29 is 19.1 Å². The zero-order chi connectivity index (χ0) is 26.5. The summed E-state index contributed by atoms with van der Waals surface area (Å²) in [6.45, 7) is 4.10. The highest BCUT2D eigenvalue weighted by Crippen LogP contribution is 2.34. The standard InChI is InChI=1S/C28H24Cl2N2O4S/c1-17(2)21-5-3-4-6-24(21)31-26(33)16-36-20-10-7-18(8-11-20)14-25-27(34)32(28(35)37-25)15-19-9-12-22(29)23(30)13-19/h3-14,17H,15-16H2,1-2H3,(H,31,33)/b25-14+. The van der Waals surface area contributed by atoms with Gasteiger partial charge in [-0.1, -0.05) is 73.4 Å². The van der Waals surface area contributed by atoms with E-state index in [4.69, 9.17) is 27.9 Å². The summed E-state index contributed by atoms with van der Waals surface area (Å²) >= 11 is 12.9. The predicted molar refractivity (Wildman–Crippen MR) is 149 cm³/mol. The monoisotopic (exact) mass is 554 g/mol. The number of nitrogens with one attached hydrogen (secondary N) is 1. The quantitative estimate of drug-likeness (QED) is 0.294. The first-order valence-corrected chi connectivity index (χ1v) is 13.1. The van der Waals surface area contributed by atoms with Crippen molar-refractivity contribution in [3.63, 3.8) is 0 Å². The molecule has 190 valence electrons. The molecule has 1 heterocycles. The molecule has 0 aliphatic carbocycles. The molecule has 37 heavy (non-hydrogen) atoms. The molecule has 3 aromatic rings. The van der Waals surface area contributed by atoms with Crippen molar-refractivity contribution in [2.24, 2.45) is 0 Å².